The third-order valence-corrected chi connectivity index (χ3v) is 4.46. The molecule has 1 aromatic rings. The first-order chi connectivity index (χ1) is 17.1. The van der Waals surface area contributed by atoms with Gasteiger partial charge in [-0.1, -0.05) is 24.3 Å². The molecule has 1 aromatic carbocycles. The van der Waals surface area contributed by atoms with E-state index in [1.807, 2.05) is 0 Å². The van der Waals surface area contributed by atoms with Crippen molar-refractivity contribution < 1.29 is 58.6 Å². The average molecular weight is 458 g/mol. The lowest BCUT2D eigenvalue weighted by molar-refractivity contribution is -0.360. The van der Waals surface area contributed by atoms with E-state index in [1.165, 1.54) is 24.3 Å². The average Bonchev–Trinajstić information content (AvgIpc) is 2.90. The number of benzene rings is 1. The van der Waals surface area contributed by atoms with Crippen LogP contribution in [-0.4, -0.2) is 65.1 Å². The van der Waals surface area contributed by atoms with Crippen LogP contribution in [0.2, 0.25) is 0 Å². The zero-order valence-electron chi connectivity index (χ0n) is 20.9. The summed E-state index contributed by atoms with van der Waals surface area (Å²) in [5.74, 6) is -7.10. The van der Waals surface area contributed by atoms with Crippen molar-refractivity contribution in [3.8, 4) is 0 Å². The smallest absolute Gasteiger partial charge is 0.303 e. The van der Waals surface area contributed by atoms with Gasteiger partial charge < -0.3 is 33.9 Å². The highest BCUT2D eigenvalue weighted by Gasteiger charge is 2.60. The summed E-state index contributed by atoms with van der Waals surface area (Å²) in [5, 5.41) is 21.0. The Kier molecular flexibility index (Phi) is 6.47. The molecule has 32 heavy (non-hydrogen) atoms. The minimum absolute atomic E-state index is 0.0727. The fourth-order valence-corrected chi connectivity index (χ4v) is 3.22. The van der Waals surface area contributed by atoms with Crippen LogP contribution in [0.15, 0.2) is 24.3 Å². The van der Waals surface area contributed by atoms with E-state index in [1.54, 1.807) is 0 Å². The third kappa shape index (κ3) is 6.02. The van der Waals surface area contributed by atoms with Crippen molar-refractivity contribution in [3.63, 3.8) is 0 Å². The Morgan fingerprint density at radius 3 is 2.06 bits per heavy atom. The number of carbonyl (C=O) groups is 4. The molecule has 11 nitrogen and oxygen atoms in total. The zero-order chi connectivity index (χ0) is 26.9. The van der Waals surface area contributed by atoms with Crippen LogP contribution in [0.1, 0.15) is 44.2 Å². The molecule has 1 fully saturated rings. The van der Waals surface area contributed by atoms with Gasteiger partial charge >= 0.3 is 23.9 Å². The summed E-state index contributed by atoms with van der Waals surface area (Å²) < 4.78 is 55.1. The molecule has 2 rings (SSSR count). The molecule has 2 N–H and O–H groups in total. The van der Waals surface area contributed by atoms with Crippen LogP contribution < -0.4 is 0 Å². The molecule has 5 atom stereocenters. The van der Waals surface area contributed by atoms with Gasteiger partial charge in [0.15, 0.2) is 12.2 Å². The minimum Gasteiger partial charge on any atom is -0.463 e. The molecule has 0 aliphatic carbocycles. The minimum atomic E-state index is -2.63. The van der Waals surface area contributed by atoms with Crippen molar-refractivity contribution in [2.45, 2.75) is 64.4 Å². The van der Waals surface area contributed by atoms with Gasteiger partial charge in [-0.25, -0.2) is 0 Å². The molecule has 1 aliphatic heterocycles. The predicted molar refractivity (Wildman–Crippen MR) is 104 cm³/mol. The monoisotopic (exact) mass is 458 g/mol. The molecular weight excluding hydrogens is 428 g/mol. The van der Waals surface area contributed by atoms with E-state index in [0.717, 1.165) is 0 Å². The number of aliphatic hydroxyl groups excluding tert-OH is 1. The largest absolute Gasteiger partial charge is 0.463 e. The van der Waals surface area contributed by atoms with E-state index in [9.17, 15) is 29.4 Å². The molecule has 0 radical (unpaired) electrons. The summed E-state index contributed by atoms with van der Waals surface area (Å²) in [5.41, 5.74) is 0.370. The molecular formula is C21H26O11. The molecule has 1 unspecified atom stereocenters. The Labute approximate surface area is 189 Å². The Hall–Kier alpha value is -3.02. The normalized spacial score (nSPS) is 28.8. The van der Waals surface area contributed by atoms with Gasteiger partial charge in [0.1, 0.15) is 12.7 Å². The molecule has 0 aromatic heterocycles. The Morgan fingerprint density at radius 1 is 0.938 bits per heavy atom. The maximum Gasteiger partial charge on any atom is 0.303 e. The number of esters is 4. The van der Waals surface area contributed by atoms with Gasteiger partial charge in [-0.15, -0.1) is 0 Å². The van der Waals surface area contributed by atoms with Crippen molar-refractivity contribution in [1.29, 1.82) is 0 Å². The quantitative estimate of drug-likeness (QED) is 0.421. The van der Waals surface area contributed by atoms with E-state index < -0.39 is 88.3 Å². The number of ether oxygens (including phenoxy) is 5. The van der Waals surface area contributed by atoms with Gasteiger partial charge in [0.05, 0.1) is 6.61 Å². The topological polar surface area (TPSA) is 155 Å². The lowest BCUT2D eigenvalue weighted by Gasteiger charge is -2.48. The second kappa shape index (κ2) is 10.5. The Balaban J connectivity index is 2.66. The fourth-order valence-electron chi connectivity index (χ4n) is 3.22. The first kappa shape index (κ1) is 19.6. The summed E-state index contributed by atoms with van der Waals surface area (Å²) in [6, 6.07) is 5.43. The number of rotatable bonds is 7. The predicted octanol–water partition coefficient (Wildman–Crippen LogP) is 0.0810. The van der Waals surface area contributed by atoms with E-state index in [0.29, 0.717) is 5.56 Å². The summed E-state index contributed by atoms with van der Waals surface area (Å²) >= 11 is 0. The summed E-state index contributed by atoms with van der Waals surface area (Å²) in [6.45, 7) is -4.50. The summed E-state index contributed by atoms with van der Waals surface area (Å²) in [6.07, 6.45) is -7.03. The first-order valence-electron chi connectivity index (χ1n) is 12.0. The number of hydrogen-bond acceptors (Lipinski definition) is 11. The zero-order valence-corrected chi connectivity index (χ0v) is 16.9. The van der Waals surface area contributed by atoms with Crippen molar-refractivity contribution in [2.24, 2.45) is 0 Å². The third-order valence-electron chi connectivity index (χ3n) is 4.46. The molecule has 1 aliphatic rings. The standard InChI is InChI=1S/C21H26O11/c1-11(23)28-10-17-18(29-12(2)24)19(30-13(3)25)20(31-14(4)26)21(27,32-17)16-7-5-15(9-22)6-8-16/h5-8,17-20,22,27H,9-10H2,1-4H3/t17-,18-,19+,20-,21?/m1/s1/i1D,2D,3D,4D. The first-order valence-corrected chi connectivity index (χ1v) is 9.14. The number of hydrogen-bond donors (Lipinski definition) is 2. The van der Waals surface area contributed by atoms with Crippen LogP contribution in [0.25, 0.3) is 0 Å². The highest BCUT2D eigenvalue weighted by molar-refractivity contribution is 5.69. The highest BCUT2D eigenvalue weighted by Crippen LogP contribution is 2.41. The second-order valence-corrected chi connectivity index (χ2v) is 6.71. The van der Waals surface area contributed by atoms with Crippen LogP contribution in [0.4, 0.5) is 0 Å². The van der Waals surface area contributed by atoms with Crippen LogP contribution in [0.5, 0.6) is 0 Å². The molecule has 0 amide bonds. The van der Waals surface area contributed by atoms with Crippen LogP contribution in [0.3, 0.4) is 0 Å². The van der Waals surface area contributed by atoms with Gasteiger partial charge in [0.2, 0.25) is 11.9 Å². The van der Waals surface area contributed by atoms with E-state index in [4.69, 9.17) is 29.2 Å². The summed E-state index contributed by atoms with van der Waals surface area (Å²) in [4.78, 5) is 47.8. The SMILES string of the molecule is [2H]CC(=O)OC[C@H]1OC(O)(c2ccc(CO)cc2)[C@H](OC(=O)C[2H])[C@@H](OC(=O)C[2H])[C@@H]1OC(=O)C[2H]. The van der Waals surface area contributed by atoms with Crippen LogP contribution in [0, 0.1) is 0 Å². The van der Waals surface area contributed by atoms with E-state index >= 15 is 0 Å². The fraction of sp³-hybridized carbons (Fsp3) is 0.524. The lowest BCUT2D eigenvalue weighted by Crippen LogP contribution is -2.66. The van der Waals surface area contributed by atoms with E-state index in [-0.39, 0.29) is 12.2 Å². The van der Waals surface area contributed by atoms with Gasteiger partial charge in [-0.2, -0.15) is 0 Å². The van der Waals surface area contributed by atoms with Gasteiger partial charge in [-0.05, 0) is 5.56 Å². The number of aliphatic hydroxyl groups is 2. The molecule has 0 spiro atoms. The van der Waals surface area contributed by atoms with Gasteiger partial charge in [0.25, 0.3) is 0 Å². The molecule has 11 heteroatoms. The van der Waals surface area contributed by atoms with Gasteiger partial charge in [-0.3, -0.25) is 19.2 Å². The second-order valence-electron chi connectivity index (χ2n) is 6.71. The van der Waals surface area contributed by atoms with Crippen molar-refractivity contribution in [3.05, 3.63) is 35.4 Å². The maximum atomic E-state index is 12.1. The lowest BCUT2D eigenvalue weighted by atomic mass is 9.87. The molecule has 0 saturated carbocycles. The van der Waals surface area contributed by atoms with E-state index in [2.05, 4.69) is 0 Å². The molecule has 0 bridgehead atoms. The maximum absolute atomic E-state index is 12.1. The Morgan fingerprint density at radius 2 is 1.50 bits per heavy atom. The van der Waals surface area contributed by atoms with Crippen LogP contribution in [-0.2, 0) is 55.3 Å². The molecule has 1 saturated heterocycles. The van der Waals surface area contributed by atoms with Gasteiger partial charge in [0, 0.05) is 38.6 Å². The van der Waals surface area contributed by atoms with Crippen molar-refractivity contribution in [2.75, 3.05) is 6.61 Å². The number of carbonyl (C=O) groups excluding carboxylic acids is 4. The van der Waals surface area contributed by atoms with Crippen molar-refractivity contribution >= 4 is 23.9 Å². The van der Waals surface area contributed by atoms with Crippen LogP contribution >= 0.6 is 0 Å². The molecule has 1 heterocycles. The Bertz CT molecular complexity index is 929. The molecule has 176 valence electrons. The van der Waals surface area contributed by atoms with Crippen molar-refractivity contribution in [1.82, 2.24) is 0 Å². The highest BCUT2D eigenvalue weighted by atomic mass is 16.7. The summed E-state index contributed by atoms with van der Waals surface area (Å²) in [7, 11) is 0.